The normalized spacial score (nSPS) is 13.2. The van der Waals surface area contributed by atoms with E-state index in [2.05, 4.69) is 48.5 Å². The van der Waals surface area contributed by atoms with Gasteiger partial charge in [0.2, 0.25) is 0 Å². The van der Waals surface area contributed by atoms with Crippen LogP contribution in [-0.4, -0.2) is 26.8 Å². The van der Waals surface area contributed by atoms with E-state index in [0.29, 0.717) is 0 Å². The van der Waals surface area contributed by atoms with E-state index in [1.807, 2.05) is 4.68 Å². The second-order valence-electron chi connectivity index (χ2n) is 4.97. The van der Waals surface area contributed by atoms with Gasteiger partial charge in [0, 0.05) is 6.54 Å². The lowest BCUT2D eigenvalue weighted by molar-refractivity contribution is 0.447. The summed E-state index contributed by atoms with van der Waals surface area (Å²) in [6, 6.07) is 0.226. The largest absolute Gasteiger partial charge is 0.307 e. The summed E-state index contributed by atoms with van der Waals surface area (Å²) in [5.41, 5.74) is 0. The van der Waals surface area contributed by atoms with Crippen LogP contribution >= 0.6 is 0 Å². The van der Waals surface area contributed by atoms with Crippen LogP contribution in [0.15, 0.2) is 0 Å². The maximum atomic E-state index is 4.11. The Morgan fingerprint density at radius 3 is 2.71 bits per heavy atom. The van der Waals surface area contributed by atoms with Crippen molar-refractivity contribution in [1.29, 1.82) is 0 Å². The Kier molecular flexibility index (Phi) is 6.11. The van der Waals surface area contributed by atoms with E-state index in [-0.39, 0.29) is 6.04 Å². The number of aryl methyl sites for hydroxylation is 1. The van der Waals surface area contributed by atoms with Gasteiger partial charge in [-0.15, -0.1) is 5.10 Å². The highest BCUT2D eigenvalue weighted by Crippen LogP contribution is 2.10. The third-order valence-electron chi connectivity index (χ3n) is 2.80. The molecule has 1 rings (SSSR count). The summed E-state index contributed by atoms with van der Waals surface area (Å²) in [5, 5.41) is 15.3. The first kappa shape index (κ1) is 14.1. The Morgan fingerprint density at radius 1 is 1.29 bits per heavy atom. The van der Waals surface area contributed by atoms with Gasteiger partial charge in [-0.25, -0.2) is 4.68 Å². The van der Waals surface area contributed by atoms with E-state index in [1.54, 1.807) is 0 Å². The lowest BCUT2D eigenvalue weighted by Crippen LogP contribution is -2.23. The fourth-order valence-electron chi connectivity index (χ4n) is 1.78. The summed E-state index contributed by atoms with van der Waals surface area (Å²) in [4.78, 5) is 0. The number of rotatable bonds is 8. The number of aromatic nitrogens is 4. The predicted octanol–water partition coefficient (Wildman–Crippen LogP) is 2.17. The van der Waals surface area contributed by atoms with Crippen LogP contribution in [0.3, 0.4) is 0 Å². The zero-order chi connectivity index (χ0) is 12.7. The molecule has 0 saturated heterocycles. The van der Waals surface area contributed by atoms with Crippen molar-refractivity contribution in [3.63, 3.8) is 0 Å². The standard InChI is InChI=1S/C12H25N5/c1-5-8-13-11(4)12-14-15-16-17(12)9-6-7-10(2)3/h10-11,13H,5-9H2,1-4H3. The monoisotopic (exact) mass is 239 g/mol. The molecule has 98 valence electrons. The molecule has 0 spiro atoms. The summed E-state index contributed by atoms with van der Waals surface area (Å²) in [6.07, 6.45) is 3.48. The van der Waals surface area contributed by atoms with Gasteiger partial charge in [0.1, 0.15) is 0 Å². The third kappa shape index (κ3) is 4.81. The molecule has 0 bridgehead atoms. The molecule has 0 aliphatic rings. The van der Waals surface area contributed by atoms with Crippen LogP contribution in [0.5, 0.6) is 0 Å². The maximum absolute atomic E-state index is 4.11. The first-order chi connectivity index (χ1) is 8.15. The quantitative estimate of drug-likeness (QED) is 0.755. The first-order valence-electron chi connectivity index (χ1n) is 6.64. The number of tetrazole rings is 1. The highest BCUT2D eigenvalue weighted by atomic mass is 15.5. The average Bonchev–Trinajstić information content (AvgIpc) is 2.73. The minimum Gasteiger partial charge on any atom is -0.307 e. The summed E-state index contributed by atoms with van der Waals surface area (Å²) >= 11 is 0. The fourth-order valence-corrected chi connectivity index (χ4v) is 1.78. The number of nitrogens with zero attached hydrogens (tertiary/aromatic N) is 4. The second kappa shape index (κ2) is 7.37. The van der Waals surface area contributed by atoms with Crippen molar-refractivity contribution in [1.82, 2.24) is 25.5 Å². The van der Waals surface area contributed by atoms with Crippen molar-refractivity contribution >= 4 is 0 Å². The lowest BCUT2D eigenvalue weighted by atomic mass is 10.1. The highest BCUT2D eigenvalue weighted by molar-refractivity contribution is 4.89. The maximum Gasteiger partial charge on any atom is 0.167 e. The van der Waals surface area contributed by atoms with Crippen molar-refractivity contribution in [3.05, 3.63) is 5.82 Å². The Balaban J connectivity index is 2.47. The van der Waals surface area contributed by atoms with Gasteiger partial charge < -0.3 is 5.32 Å². The number of nitrogens with one attached hydrogen (secondary N) is 1. The van der Waals surface area contributed by atoms with Crippen LogP contribution in [-0.2, 0) is 6.54 Å². The van der Waals surface area contributed by atoms with Crippen molar-refractivity contribution < 1.29 is 0 Å². The lowest BCUT2D eigenvalue weighted by Gasteiger charge is -2.13. The molecule has 5 heteroatoms. The molecule has 5 nitrogen and oxygen atoms in total. The van der Waals surface area contributed by atoms with Crippen molar-refractivity contribution in [2.24, 2.45) is 5.92 Å². The fraction of sp³-hybridized carbons (Fsp3) is 0.917. The van der Waals surface area contributed by atoms with Gasteiger partial charge in [-0.05, 0) is 49.1 Å². The molecule has 0 aliphatic carbocycles. The molecule has 1 unspecified atom stereocenters. The van der Waals surface area contributed by atoms with Crippen LogP contribution in [0.4, 0.5) is 0 Å². The highest BCUT2D eigenvalue weighted by Gasteiger charge is 2.13. The van der Waals surface area contributed by atoms with Gasteiger partial charge in [-0.3, -0.25) is 0 Å². The Morgan fingerprint density at radius 2 is 2.06 bits per heavy atom. The minimum atomic E-state index is 0.226. The summed E-state index contributed by atoms with van der Waals surface area (Å²) in [5.74, 6) is 1.69. The average molecular weight is 239 g/mol. The molecule has 1 aromatic heterocycles. The Bertz CT molecular complexity index is 308. The predicted molar refractivity (Wildman–Crippen MR) is 68.6 cm³/mol. The zero-order valence-electron chi connectivity index (χ0n) is 11.5. The number of hydrogen-bond acceptors (Lipinski definition) is 4. The molecule has 0 aliphatic heterocycles. The zero-order valence-corrected chi connectivity index (χ0v) is 11.5. The molecule has 1 heterocycles. The molecule has 0 radical (unpaired) electrons. The van der Waals surface area contributed by atoms with E-state index in [1.165, 1.54) is 6.42 Å². The molecule has 0 saturated carbocycles. The van der Waals surface area contributed by atoms with E-state index >= 15 is 0 Å². The first-order valence-corrected chi connectivity index (χ1v) is 6.64. The number of hydrogen-bond donors (Lipinski definition) is 1. The molecule has 1 N–H and O–H groups in total. The summed E-state index contributed by atoms with van der Waals surface area (Å²) < 4.78 is 1.93. The van der Waals surface area contributed by atoms with E-state index < -0.39 is 0 Å². The molecule has 1 atom stereocenters. The van der Waals surface area contributed by atoms with Crippen molar-refractivity contribution in [3.8, 4) is 0 Å². The summed E-state index contributed by atoms with van der Waals surface area (Å²) in [7, 11) is 0. The smallest absolute Gasteiger partial charge is 0.167 e. The molecule has 0 aromatic carbocycles. The van der Waals surface area contributed by atoms with Crippen LogP contribution in [0.25, 0.3) is 0 Å². The van der Waals surface area contributed by atoms with E-state index in [4.69, 9.17) is 0 Å². The Hall–Kier alpha value is -0.970. The Labute approximate surface area is 104 Å². The van der Waals surface area contributed by atoms with Crippen LogP contribution in [0, 0.1) is 5.92 Å². The SMILES string of the molecule is CCCNC(C)c1nnnn1CCCC(C)C. The van der Waals surface area contributed by atoms with Crippen LogP contribution in [0.2, 0.25) is 0 Å². The van der Waals surface area contributed by atoms with E-state index in [9.17, 15) is 0 Å². The molecule has 0 amide bonds. The van der Waals surface area contributed by atoms with E-state index in [0.717, 1.165) is 37.7 Å². The molecular formula is C12H25N5. The molecule has 0 fully saturated rings. The van der Waals surface area contributed by atoms with Crippen molar-refractivity contribution in [2.75, 3.05) is 6.54 Å². The van der Waals surface area contributed by atoms with Gasteiger partial charge in [-0.2, -0.15) is 0 Å². The van der Waals surface area contributed by atoms with Crippen molar-refractivity contribution in [2.45, 2.75) is 59.5 Å². The third-order valence-corrected chi connectivity index (χ3v) is 2.80. The topological polar surface area (TPSA) is 55.6 Å². The van der Waals surface area contributed by atoms with Crippen LogP contribution < -0.4 is 5.32 Å². The van der Waals surface area contributed by atoms with Gasteiger partial charge in [-0.1, -0.05) is 20.8 Å². The molecule has 1 aromatic rings. The minimum absolute atomic E-state index is 0.226. The molecular weight excluding hydrogens is 214 g/mol. The van der Waals surface area contributed by atoms with Gasteiger partial charge >= 0.3 is 0 Å². The molecule has 17 heavy (non-hydrogen) atoms. The van der Waals surface area contributed by atoms with Gasteiger partial charge in [0.25, 0.3) is 0 Å². The summed E-state index contributed by atoms with van der Waals surface area (Å²) in [6.45, 7) is 10.7. The van der Waals surface area contributed by atoms with Crippen LogP contribution in [0.1, 0.15) is 58.8 Å². The van der Waals surface area contributed by atoms with Gasteiger partial charge in [0.05, 0.1) is 6.04 Å². The van der Waals surface area contributed by atoms with Gasteiger partial charge in [0.15, 0.2) is 5.82 Å². The second-order valence-corrected chi connectivity index (χ2v) is 4.97.